The number of nitrogens with zero attached hydrogens (tertiary/aromatic N) is 2. The fourth-order valence-electron chi connectivity index (χ4n) is 2.28. The van der Waals surface area contributed by atoms with Gasteiger partial charge in [0.15, 0.2) is 0 Å². The molecule has 0 unspecified atom stereocenters. The van der Waals surface area contributed by atoms with E-state index in [1.165, 1.54) is 0 Å². The van der Waals surface area contributed by atoms with Gasteiger partial charge in [0.25, 0.3) is 0 Å². The van der Waals surface area contributed by atoms with Gasteiger partial charge in [-0.2, -0.15) is 0 Å². The van der Waals surface area contributed by atoms with Gasteiger partial charge in [-0.1, -0.05) is 20.3 Å². The molecular weight excluding hydrogens is 238 g/mol. The van der Waals surface area contributed by atoms with Gasteiger partial charge in [0.1, 0.15) is 0 Å². The Morgan fingerprint density at radius 3 is 2.53 bits per heavy atom. The number of amides is 2. The highest BCUT2D eigenvalue weighted by atomic mass is 16.2. The molecular formula is C15H25N3O. The average Bonchev–Trinajstić information content (AvgIpc) is 2.40. The molecule has 0 aliphatic carbocycles. The van der Waals surface area contributed by atoms with Crippen molar-refractivity contribution in [2.24, 2.45) is 0 Å². The van der Waals surface area contributed by atoms with Gasteiger partial charge in [-0.25, -0.2) is 4.79 Å². The van der Waals surface area contributed by atoms with Crippen molar-refractivity contribution in [3.8, 4) is 0 Å². The summed E-state index contributed by atoms with van der Waals surface area (Å²) in [5.41, 5.74) is 1.12. The Hall–Kier alpha value is -1.58. The quantitative estimate of drug-likeness (QED) is 0.855. The Balaban J connectivity index is 2.68. The van der Waals surface area contributed by atoms with Gasteiger partial charge in [-0.15, -0.1) is 0 Å². The molecule has 0 aromatic carbocycles. The van der Waals surface area contributed by atoms with Crippen molar-refractivity contribution in [3.05, 3.63) is 30.1 Å². The van der Waals surface area contributed by atoms with Crippen molar-refractivity contribution < 1.29 is 4.79 Å². The number of urea groups is 1. The lowest BCUT2D eigenvalue weighted by atomic mass is 10.1. The molecule has 0 saturated heterocycles. The number of rotatable bonds is 6. The summed E-state index contributed by atoms with van der Waals surface area (Å²) in [4.78, 5) is 18.0. The summed E-state index contributed by atoms with van der Waals surface area (Å²) in [6, 6.07) is 4.23. The lowest BCUT2D eigenvalue weighted by Crippen LogP contribution is -2.43. The molecule has 0 radical (unpaired) electrons. The molecule has 0 spiro atoms. The molecule has 0 fully saturated rings. The molecule has 0 aliphatic rings. The smallest absolute Gasteiger partial charge is 0.317 e. The molecule has 106 valence electrons. The third-order valence-corrected chi connectivity index (χ3v) is 3.36. The number of hydrogen-bond acceptors (Lipinski definition) is 2. The molecule has 1 heterocycles. The minimum absolute atomic E-state index is 0.00962. The summed E-state index contributed by atoms with van der Waals surface area (Å²) in [6.45, 7) is 6.26. The molecule has 1 rings (SSSR count). The van der Waals surface area contributed by atoms with Crippen LogP contribution in [0.3, 0.4) is 0 Å². The molecule has 4 nitrogen and oxygen atoms in total. The molecule has 2 atom stereocenters. The van der Waals surface area contributed by atoms with Crippen LogP contribution >= 0.6 is 0 Å². The highest BCUT2D eigenvalue weighted by Crippen LogP contribution is 2.22. The van der Waals surface area contributed by atoms with Crippen LogP contribution in [0.2, 0.25) is 0 Å². The van der Waals surface area contributed by atoms with Crippen molar-refractivity contribution in [1.82, 2.24) is 15.2 Å². The number of hydrogen-bond donors (Lipinski definition) is 1. The van der Waals surface area contributed by atoms with E-state index in [9.17, 15) is 4.79 Å². The van der Waals surface area contributed by atoms with Crippen LogP contribution in [0.5, 0.6) is 0 Å². The van der Waals surface area contributed by atoms with Crippen LogP contribution in [0.25, 0.3) is 0 Å². The molecule has 2 amide bonds. The van der Waals surface area contributed by atoms with Gasteiger partial charge in [0.05, 0.1) is 6.04 Å². The summed E-state index contributed by atoms with van der Waals surface area (Å²) >= 11 is 0. The zero-order valence-electron chi connectivity index (χ0n) is 12.4. The minimum atomic E-state index is -0.00962. The number of carbonyl (C=O) groups is 1. The number of nitrogens with one attached hydrogen (secondary N) is 1. The van der Waals surface area contributed by atoms with Crippen LogP contribution in [0, 0.1) is 0 Å². The molecule has 4 heteroatoms. The number of carbonyl (C=O) groups excluding carboxylic acids is 1. The first kappa shape index (κ1) is 15.5. The highest BCUT2D eigenvalue weighted by molar-refractivity contribution is 5.74. The van der Waals surface area contributed by atoms with Gasteiger partial charge in [0, 0.05) is 25.5 Å². The SMILES string of the molecule is CCC[C@@H](C)NC(=O)N(C)[C@@H](CC)c1ccncc1. The van der Waals surface area contributed by atoms with Gasteiger partial charge in [0.2, 0.25) is 0 Å². The Labute approximate surface area is 116 Å². The summed E-state index contributed by atoms with van der Waals surface area (Å²) in [7, 11) is 1.85. The lowest BCUT2D eigenvalue weighted by molar-refractivity contribution is 0.185. The standard InChI is InChI=1S/C15H25N3O/c1-5-7-12(3)17-15(19)18(4)14(6-2)13-8-10-16-11-9-13/h8-12,14H,5-7H2,1-4H3,(H,17,19)/t12-,14+/m1/s1. The Morgan fingerprint density at radius 1 is 1.37 bits per heavy atom. The second-order valence-corrected chi connectivity index (χ2v) is 4.95. The third-order valence-electron chi connectivity index (χ3n) is 3.36. The fourth-order valence-corrected chi connectivity index (χ4v) is 2.28. The first-order valence-electron chi connectivity index (χ1n) is 7.03. The average molecular weight is 263 g/mol. The summed E-state index contributed by atoms with van der Waals surface area (Å²) in [6.07, 6.45) is 6.50. The predicted molar refractivity (Wildman–Crippen MR) is 77.9 cm³/mol. The van der Waals surface area contributed by atoms with Gasteiger partial charge < -0.3 is 10.2 Å². The maximum Gasteiger partial charge on any atom is 0.317 e. The first-order valence-corrected chi connectivity index (χ1v) is 7.03. The maximum absolute atomic E-state index is 12.2. The van der Waals surface area contributed by atoms with Crippen LogP contribution in [0.4, 0.5) is 4.79 Å². The van der Waals surface area contributed by atoms with E-state index >= 15 is 0 Å². The van der Waals surface area contributed by atoms with Crippen LogP contribution < -0.4 is 5.32 Å². The largest absolute Gasteiger partial charge is 0.336 e. The molecule has 0 saturated carbocycles. The second-order valence-electron chi connectivity index (χ2n) is 4.95. The van der Waals surface area contributed by atoms with Crippen molar-refractivity contribution in [1.29, 1.82) is 0 Å². The van der Waals surface area contributed by atoms with E-state index in [1.54, 1.807) is 17.3 Å². The zero-order chi connectivity index (χ0) is 14.3. The fraction of sp³-hybridized carbons (Fsp3) is 0.600. The lowest BCUT2D eigenvalue weighted by Gasteiger charge is -2.29. The van der Waals surface area contributed by atoms with Gasteiger partial charge >= 0.3 is 6.03 Å². The predicted octanol–water partition coefficient (Wildman–Crippen LogP) is 3.36. The normalized spacial score (nSPS) is 13.7. The van der Waals surface area contributed by atoms with Crippen molar-refractivity contribution in [2.75, 3.05) is 7.05 Å². The summed E-state index contributed by atoms with van der Waals surface area (Å²) < 4.78 is 0. The second kappa shape index (κ2) is 7.77. The Morgan fingerprint density at radius 2 is 2.00 bits per heavy atom. The molecule has 0 bridgehead atoms. The van der Waals surface area contributed by atoms with Crippen molar-refractivity contribution in [3.63, 3.8) is 0 Å². The molecule has 1 N–H and O–H groups in total. The van der Waals surface area contributed by atoms with Crippen LogP contribution in [0.15, 0.2) is 24.5 Å². The van der Waals surface area contributed by atoms with Crippen molar-refractivity contribution in [2.45, 2.75) is 52.1 Å². The van der Waals surface area contributed by atoms with E-state index < -0.39 is 0 Å². The van der Waals surface area contributed by atoms with E-state index in [4.69, 9.17) is 0 Å². The van der Waals surface area contributed by atoms with E-state index in [0.717, 1.165) is 24.8 Å². The summed E-state index contributed by atoms with van der Waals surface area (Å²) in [5, 5.41) is 3.04. The van der Waals surface area contributed by atoms with Crippen LogP contribution in [-0.2, 0) is 0 Å². The first-order chi connectivity index (χ1) is 9.10. The monoisotopic (exact) mass is 263 g/mol. The van der Waals surface area contributed by atoms with Gasteiger partial charge in [-0.05, 0) is 37.5 Å². The minimum Gasteiger partial charge on any atom is -0.336 e. The topological polar surface area (TPSA) is 45.2 Å². The van der Waals surface area contributed by atoms with E-state index in [-0.39, 0.29) is 18.1 Å². The number of pyridine rings is 1. The van der Waals surface area contributed by atoms with Gasteiger partial charge in [-0.3, -0.25) is 4.98 Å². The third kappa shape index (κ3) is 4.54. The van der Waals surface area contributed by atoms with Crippen molar-refractivity contribution >= 4 is 6.03 Å². The molecule has 1 aromatic rings. The number of aromatic nitrogens is 1. The molecule has 19 heavy (non-hydrogen) atoms. The van der Waals surface area contributed by atoms with Crippen LogP contribution in [0.1, 0.15) is 51.6 Å². The Kier molecular flexibility index (Phi) is 6.33. The zero-order valence-corrected chi connectivity index (χ0v) is 12.4. The van der Waals surface area contributed by atoms with E-state index in [0.29, 0.717) is 0 Å². The van der Waals surface area contributed by atoms with Crippen LogP contribution in [-0.4, -0.2) is 29.0 Å². The van der Waals surface area contributed by atoms with E-state index in [1.807, 2.05) is 26.1 Å². The highest BCUT2D eigenvalue weighted by Gasteiger charge is 2.20. The molecule has 0 aliphatic heterocycles. The summed E-state index contributed by atoms with van der Waals surface area (Å²) in [5.74, 6) is 0. The maximum atomic E-state index is 12.2. The Bertz CT molecular complexity index is 380. The van der Waals surface area contributed by atoms with E-state index in [2.05, 4.69) is 24.1 Å². The molecule has 1 aromatic heterocycles.